The number of piperidine rings is 1. The lowest BCUT2D eigenvalue weighted by Crippen LogP contribution is -2.54. The molecular formula is C21H21BrN2O4. The number of likely N-dealkylation sites (tertiary alicyclic amines) is 1. The molecule has 1 N–H and O–H groups in total. The monoisotopic (exact) mass is 444 g/mol. The Labute approximate surface area is 172 Å². The third-order valence-corrected chi connectivity index (χ3v) is 5.56. The molecule has 0 spiro atoms. The number of carbonyl (C=O) groups excluding carboxylic acids is 3. The fraction of sp³-hybridized carbons (Fsp3) is 0.286. The number of rotatable bonds is 4. The smallest absolute Gasteiger partial charge is 0.410 e. The summed E-state index contributed by atoms with van der Waals surface area (Å²) in [6.07, 6.45) is -0.308. The van der Waals surface area contributed by atoms with Crippen LogP contribution in [0.4, 0.5) is 4.79 Å². The van der Waals surface area contributed by atoms with Gasteiger partial charge in [-0.25, -0.2) is 4.79 Å². The fourth-order valence-electron chi connectivity index (χ4n) is 3.02. The van der Waals surface area contributed by atoms with Crippen molar-refractivity contribution < 1.29 is 19.1 Å². The van der Waals surface area contributed by atoms with Crippen molar-refractivity contribution in [3.05, 3.63) is 69.7 Å². The second-order valence-electron chi connectivity index (χ2n) is 6.64. The molecule has 0 bridgehead atoms. The summed E-state index contributed by atoms with van der Waals surface area (Å²) in [4.78, 5) is 38.7. The highest BCUT2D eigenvalue weighted by molar-refractivity contribution is 9.10. The number of nitrogens with one attached hydrogen (secondary N) is 1. The molecule has 2 aromatic rings. The van der Waals surface area contributed by atoms with Gasteiger partial charge in [-0.3, -0.25) is 9.59 Å². The lowest BCUT2D eigenvalue weighted by molar-refractivity contribution is -0.123. The fourth-order valence-corrected chi connectivity index (χ4v) is 3.39. The molecule has 1 heterocycles. The summed E-state index contributed by atoms with van der Waals surface area (Å²) in [7, 11) is 0. The number of hydrogen-bond donors (Lipinski definition) is 1. The van der Waals surface area contributed by atoms with Gasteiger partial charge in [-0.05, 0) is 30.2 Å². The Balaban J connectivity index is 1.60. The highest BCUT2D eigenvalue weighted by atomic mass is 79.9. The summed E-state index contributed by atoms with van der Waals surface area (Å²) < 4.78 is 6.15. The van der Waals surface area contributed by atoms with E-state index in [0.717, 1.165) is 15.6 Å². The number of carbonyl (C=O) groups is 3. The number of benzene rings is 2. The molecule has 6 nitrogen and oxygen atoms in total. The van der Waals surface area contributed by atoms with Gasteiger partial charge in [0.1, 0.15) is 12.6 Å². The van der Waals surface area contributed by atoms with Gasteiger partial charge >= 0.3 is 6.09 Å². The van der Waals surface area contributed by atoms with Gasteiger partial charge in [0.15, 0.2) is 5.78 Å². The van der Waals surface area contributed by atoms with Crippen LogP contribution >= 0.6 is 15.9 Å². The van der Waals surface area contributed by atoms with Crippen LogP contribution in [0, 0.1) is 6.92 Å². The molecule has 1 aliphatic rings. The van der Waals surface area contributed by atoms with Crippen LogP contribution in [0.15, 0.2) is 53.0 Å². The highest BCUT2D eigenvalue weighted by Crippen LogP contribution is 2.20. The maximum atomic E-state index is 12.6. The van der Waals surface area contributed by atoms with E-state index >= 15 is 0 Å². The lowest BCUT2D eigenvalue weighted by atomic mass is 10.0. The Morgan fingerprint density at radius 3 is 2.68 bits per heavy atom. The highest BCUT2D eigenvalue weighted by Gasteiger charge is 2.32. The standard InChI is InChI=1S/C21H21BrN2O4/c1-14-16(8-5-9-17(14)22)20(26)23-18-12-24(11-10-19(18)25)21(27)28-13-15-6-3-2-4-7-15/h2-9,18H,10-13H2,1H3,(H,23,26). The third kappa shape index (κ3) is 4.78. The predicted molar refractivity (Wildman–Crippen MR) is 108 cm³/mol. The molecule has 3 rings (SSSR count). The molecule has 1 unspecified atom stereocenters. The summed E-state index contributed by atoms with van der Waals surface area (Å²) in [6, 6.07) is 14.0. The second kappa shape index (κ2) is 9.01. The Bertz CT molecular complexity index is 885. The van der Waals surface area contributed by atoms with Crippen LogP contribution in [0.3, 0.4) is 0 Å². The van der Waals surface area contributed by atoms with E-state index in [2.05, 4.69) is 21.2 Å². The number of Topliss-reactive ketones (excluding diaryl/α,β-unsaturated/α-hetero) is 1. The summed E-state index contributed by atoms with van der Waals surface area (Å²) in [5.74, 6) is -0.426. The number of hydrogen-bond acceptors (Lipinski definition) is 4. The minimum Gasteiger partial charge on any atom is -0.445 e. The topological polar surface area (TPSA) is 75.7 Å². The van der Waals surface area contributed by atoms with Crippen molar-refractivity contribution in [1.29, 1.82) is 0 Å². The molecule has 0 aliphatic carbocycles. The van der Waals surface area contributed by atoms with E-state index in [9.17, 15) is 14.4 Å². The van der Waals surface area contributed by atoms with Crippen molar-refractivity contribution in [2.75, 3.05) is 13.1 Å². The predicted octanol–water partition coefficient (Wildman–Crippen LogP) is 3.47. The average Bonchev–Trinajstić information content (AvgIpc) is 2.70. The first kappa shape index (κ1) is 20.1. The minimum absolute atomic E-state index is 0.0897. The maximum Gasteiger partial charge on any atom is 0.410 e. The van der Waals surface area contributed by atoms with Gasteiger partial charge in [0.05, 0.1) is 6.54 Å². The Morgan fingerprint density at radius 2 is 1.93 bits per heavy atom. The first-order chi connectivity index (χ1) is 13.5. The summed E-state index contributed by atoms with van der Waals surface area (Å²) in [5.41, 5.74) is 2.17. The molecule has 146 valence electrons. The van der Waals surface area contributed by atoms with E-state index in [1.807, 2.05) is 43.3 Å². The van der Waals surface area contributed by atoms with E-state index < -0.39 is 12.1 Å². The average molecular weight is 445 g/mol. The van der Waals surface area contributed by atoms with Crippen molar-refractivity contribution in [3.63, 3.8) is 0 Å². The van der Waals surface area contributed by atoms with Crippen molar-refractivity contribution in [1.82, 2.24) is 10.2 Å². The van der Waals surface area contributed by atoms with Gasteiger partial charge in [-0.15, -0.1) is 0 Å². The molecule has 1 saturated heterocycles. The van der Waals surface area contributed by atoms with Gasteiger partial charge in [0, 0.05) is 23.0 Å². The van der Waals surface area contributed by atoms with E-state index in [4.69, 9.17) is 4.74 Å². The molecular weight excluding hydrogens is 424 g/mol. The molecule has 28 heavy (non-hydrogen) atoms. The van der Waals surface area contributed by atoms with Crippen LogP contribution in [0.1, 0.15) is 27.9 Å². The van der Waals surface area contributed by atoms with E-state index in [1.165, 1.54) is 4.90 Å². The molecule has 0 aromatic heterocycles. The summed E-state index contributed by atoms with van der Waals surface area (Å²) in [5, 5.41) is 2.75. The maximum absolute atomic E-state index is 12.6. The van der Waals surface area contributed by atoms with Gasteiger partial charge in [0.25, 0.3) is 5.91 Å². The zero-order valence-corrected chi connectivity index (χ0v) is 17.1. The van der Waals surface area contributed by atoms with Crippen molar-refractivity contribution in [3.8, 4) is 0 Å². The summed E-state index contributed by atoms with van der Waals surface area (Å²) >= 11 is 3.40. The minimum atomic E-state index is -0.746. The van der Waals surface area contributed by atoms with Gasteiger partial charge < -0.3 is 15.0 Å². The normalized spacial score (nSPS) is 16.6. The Hall–Kier alpha value is -2.67. The van der Waals surface area contributed by atoms with E-state index in [1.54, 1.807) is 12.1 Å². The SMILES string of the molecule is Cc1c(Br)cccc1C(=O)NC1CN(C(=O)OCc2ccccc2)CCC1=O. The molecule has 1 aliphatic heterocycles. The molecule has 7 heteroatoms. The van der Waals surface area contributed by atoms with E-state index in [0.29, 0.717) is 5.56 Å². The van der Waals surface area contributed by atoms with Gasteiger partial charge in [-0.1, -0.05) is 52.3 Å². The lowest BCUT2D eigenvalue weighted by Gasteiger charge is -2.31. The quantitative estimate of drug-likeness (QED) is 0.782. The zero-order valence-electron chi connectivity index (χ0n) is 15.5. The molecule has 1 fully saturated rings. The first-order valence-corrected chi connectivity index (χ1v) is 9.79. The van der Waals surface area contributed by atoms with Crippen LogP contribution in [0.2, 0.25) is 0 Å². The van der Waals surface area contributed by atoms with Crippen LogP contribution in [0.5, 0.6) is 0 Å². The second-order valence-corrected chi connectivity index (χ2v) is 7.50. The van der Waals surface area contributed by atoms with Crippen molar-refractivity contribution >= 4 is 33.7 Å². The van der Waals surface area contributed by atoms with Gasteiger partial charge in [-0.2, -0.15) is 0 Å². The molecule has 2 aromatic carbocycles. The molecule has 2 amide bonds. The molecule has 1 atom stereocenters. The van der Waals surface area contributed by atoms with Crippen LogP contribution < -0.4 is 5.32 Å². The van der Waals surface area contributed by atoms with Crippen molar-refractivity contribution in [2.24, 2.45) is 0 Å². The molecule has 0 saturated carbocycles. The number of nitrogens with zero attached hydrogens (tertiary/aromatic N) is 1. The summed E-state index contributed by atoms with van der Waals surface area (Å²) in [6.45, 7) is 2.38. The number of halogens is 1. The van der Waals surface area contributed by atoms with Crippen molar-refractivity contribution in [2.45, 2.75) is 26.0 Å². The van der Waals surface area contributed by atoms with Gasteiger partial charge in [0.2, 0.25) is 0 Å². The Kier molecular flexibility index (Phi) is 6.46. The first-order valence-electron chi connectivity index (χ1n) is 9.00. The number of ketones is 1. The third-order valence-electron chi connectivity index (χ3n) is 4.70. The number of amides is 2. The zero-order chi connectivity index (χ0) is 20.1. The van der Waals surface area contributed by atoms with E-state index in [-0.39, 0.29) is 37.8 Å². The van der Waals surface area contributed by atoms with Crippen LogP contribution in [-0.4, -0.2) is 41.8 Å². The van der Waals surface area contributed by atoms with Crippen LogP contribution in [0.25, 0.3) is 0 Å². The molecule has 0 radical (unpaired) electrons. The van der Waals surface area contributed by atoms with Crippen LogP contribution in [-0.2, 0) is 16.1 Å². The Morgan fingerprint density at radius 1 is 1.18 bits per heavy atom. The largest absolute Gasteiger partial charge is 0.445 e. The number of ether oxygens (including phenoxy) is 1.